The van der Waals surface area contributed by atoms with Gasteiger partial charge in [-0.1, -0.05) is 22.9 Å². The van der Waals surface area contributed by atoms with Crippen molar-refractivity contribution < 1.29 is 9.53 Å². The van der Waals surface area contributed by atoms with Crippen molar-refractivity contribution in [2.75, 3.05) is 5.73 Å². The molecule has 0 atom stereocenters. The summed E-state index contributed by atoms with van der Waals surface area (Å²) in [5.74, 6) is -0.362. The van der Waals surface area contributed by atoms with Gasteiger partial charge in [-0.25, -0.2) is 4.79 Å². The van der Waals surface area contributed by atoms with Gasteiger partial charge in [0.2, 0.25) is 0 Å². The summed E-state index contributed by atoms with van der Waals surface area (Å²) >= 11 is 4.97. The highest BCUT2D eigenvalue weighted by molar-refractivity contribution is 9.10. The molecule has 0 unspecified atom stereocenters. The molecule has 0 spiro atoms. The number of carbonyl (C=O) groups excluding carboxylic acids is 1. The van der Waals surface area contributed by atoms with Crippen molar-refractivity contribution in [3.8, 4) is 0 Å². The second-order valence-corrected chi connectivity index (χ2v) is 6.24. The van der Waals surface area contributed by atoms with Crippen LogP contribution in [0.2, 0.25) is 0 Å². The zero-order valence-corrected chi connectivity index (χ0v) is 12.9. The molecule has 19 heavy (non-hydrogen) atoms. The minimum Gasteiger partial charge on any atom is -0.456 e. The maximum Gasteiger partial charge on any atom is 0.338 e. The van der Waals surface area contributed by atoms with E-state index in [9.17, 15) is 4.79 Å². The van der Waals surface area contributed by atoms with Crippen LogP contribution >= 0.6 is 27.3 Å². The summed E-state index contributed by atoms with van der Waals surface area (Å²) < 4.78 is 6.04. The lowest BCUT2D eigenvalue weighted by Gasteiger charge is -2.05. The topological polar surface area (TPSA) is 52.3 Å². The van der Waals surface area contributed by atoms with Crippen LogP contribution in [0.4, 0.5) is 5.69 Å². The number of nitrogen functional groups attached to an aromatic ring is 1. The fourth-order valence-corrected chi connectivity index (χ4v) is 3.02. The third-order valence-electron chi connectivity index (χ3n) is 2.57. The van der Waals surface area contributed by atoms with Gasteiger partial charge in [0.25, 0.3) is 0 Å². The lowest BCUT2D eigenvalue weighted by atomic mass is 10.2. The van der Waals surface area contributed by atoms with Gasteiger partial charge in [0.1, 0.15) is 6.61 Å². The molecule has 0 aliphatic rings. The lowest BCUT2D eigenvalue weighted by Crippen LogP contribution is -2.05. The Kier molecular flexibility index (Phi) is 4.61. The van der Waals surface area contributed by atoms with Gasteiger partial charge in [-0.3, -0.25) is 0 Å². The molecule has 2 N–H and O–H groups in total. The number of anilines is 1. The molecule has 1 aromatic carbocycles. The molecule has 100 valence electrons. The van der Waals surface area contributed by atoms with Crippen LogP contribution in [0.5, 0.6) is 0 Å². The number of aryl methyl sites for hydroxylation is 1. The Labute approximate surface area is 124 Å². The van der Waals surface area contributed by atoms with Crippen LogP contribution in [-0.4, -0.2) is 5.97 Å². The van der Waals surface area contributed by atoms with Crippen molar-refractivity contribution in [1.82, 2.24) is 0 Å². The molecule has 0 amide bonds. The fraction of sp³-hybridized carbons (Fsp3) is 0.214. The van der Waals surface area contributed by atoms with Gasteiger partial charge in [0, 0.05) is 19.9 Å². The van der Waals surface area contributed by atoms with E-state index in [0.717, 1.165) is 15.8 Å². The predicted octanol–water partition coefficient (Wildman–Crippen LogP) is 4.01. The third kappa shape index (κ3) is 3.81. The highest BCUT2D eigenvalue weighted by atomic mass is 79.9. The molecule has 0 aliphatic heterocycles. The smallest absolute Gasteiger partial charge is 0.338 e. The SMILES string of the molecule is CCc1ccc(COC(=O)c2cc(N)cc(Br)c2)s1. The number of hydrogen-bond acceptors (Lipinski definition) is 4. The highest BCUT2D eigenvalue weighted by Gasteiger charge is 2.10. The summed E-state index contributed by atoms with van der Waals surface area (Å²) in [4.78, 5) is 14.2. The second kappa shape index (κ2) is 6.21. The van der Waals surface area contributed by atoms with E-state index in [0.29, 0.717) is 17.9 Å². The van der Waals surface area contributed by atoms with Crippen molar-refractivity contribution in [2.45, 2.75) is 20.0 Å². The van der Waals surface area contributed by atoms with Gasteiger partial charge in [-0.15, -0.1) is 11.3 Å². The minimum atomic E-state index is -0.362. The van der Waals surface area contributed by atoms with E-state index >= 15 is 0 Å². The van der Waals surface area contributed by atoms with Crippen molar-refractivity contribution in [1.29, 1.82) is 0 Å². The summed E-state index contributed by atoms with van der Waals surface area (Å²) in [6, 6.07) is 9.10. The van der Waals surface area contributed by atoms with Crippen LogP contribution in [0.1, 0.15) is 27.0 Å². The zero-order valence-electron chi connectivity index (χ0n) is 10.5. The molecule has 0 bridgehead atoms. The molecule has 0 radical (unpaired) electrons. The Hall–Kier alpha value is -1.33. The summed E-state index contributed by atoms with van der Waals surface area (Å²) in [5, 5.41) is 0. The molecule has 2 aromatic rings. The van der Waals surface area contributed by atoms with Crippen LogP contribution < -0.4 is 5.73 Å². The van der Waals surface area contributed by atoms with Crippen LogP contribution in [0, 0.1) is 0 Å². The maximum absolute atomic E-state index is 11.9. The van der Waals surface area contributed by atoms with Crippen LogP contribution in [0.15, 0.2) is 34.8 Å². The van der Waals surface area contributed by atoms with Gasteiger partial charge < -0.3 is 10.5 Å². The summed E-state index contributed by atoms with van der Waals surface area (Å²) in [5.41, 5.74) is 6.68. The van der Waals surface area contributed by atoms with Gasteiger partial charge >= 0.3 is 5.97 Å². The molecular formula is C14H14BrNO2S. The van der Waals surface area contributed by atoms with E-state index in [1.54, 1.807) is 29.5 Å². The molecule has 0 saturated carbocycles. The molecule has 5 heteroatoms. The summed E-state index contributed by atoms with van der Waals surface area (Å²) in [6.45, 7) is 2.40. The summed E-state index contributed by atoms with van der Waals surface area (Å²) in [6.07, 6.45) is 1.00. The normalized spacial score (nSPS) is 10.4. The maximum atomic E-state index is 11.9. The molecule has 0 aliphatic carbocycles. The van der Waals surface area contributed by atoms with Gasteiger partial charge in [-0.2, -0.15) is 0 Å². The van der Waals surface area contributed by atoms with E-state index < -0.39 is 0 Å². The lowest BCUT2D eigenvalue weighted by molar-refractivity contribution is 0.0477. The van der Waals surface area contributed by atoms with Crippen molar-refractivity contribution >= 4 is 38.9 Å². The number of hydrogen-bond donors (Lipinski definition) is 1. The fourth-order valence-electron chi connectivity index (χ4n) is 1.64. The van der Waals surface area contributed by atoms with Crippen LogP contribution in [0.3, 0.4) is 0 Å². The second-order valence-electron chi connectivity index (χ2n) is 4.07. The van der Waals surface area contributed by atoms with E-state index in [-0.39, 0.29) is 5.97 Å². The zero-order chi connectivity index (χ0) is 13.8. The van der Waals surface area contributed by atoms with E-state index in [1.807, 2.05) is 6.07 Å². The van der Waals surface area contributed by atoms with Gasteiger partial charge in [-0.05, 0) is 36.8 Å². The average Bonchev–Trinajstić information content (AvgIpc) is 2.82. The van der Waals surface area contributed by atoms with E-state index in [2.05, 4.69) is 28.9 Å². The van der Waals surface area contributed by atoms with Crippen molar-refractivity contribution in [2.24, 2.45) is 0 Å². The molecule has 3 nitrogen and oxygen atoms in total. The molecule has 0 fully saturated rings. The molecule has 1 aromatic heterocycles. The predicted molar refractivity (Wildman–Crippen MR) is 81.4 cm³/mol. The van der Waals surface area contributed by atoms with Crippen molar-refractivity contribution in [3.05, 3.63) is 50.1 Å². The minimum absolute atomic E-state index is 0.302. The number of ether oxygens (including phenoxy) is 1. The molecule has 1 heterocycles. The Morgan fingerprint density at radius 2 is 2.05 bits per heavy atom. The number of nitrogens with two attached hydrogens (primary N) is 1. The summed E-state index contributed by atoms with van der Waals surface area (Å²) in [7, 11) is 0. The Morgan fingerprint density at radius 1 is 1.32 bits per heavy atom. The molecule has 2 rings (SSSR count). The number of benzene rings is 1. The van der Waals surface area contributed by atoms with Crippen LogP contribution in [0.25, 0.3) is 0 Å². The van der Waals surface area contributed by atoms with E-state index in [4.69, 9.17) is 10.5 Å². The largest absolute Gasteiger partial charge is 0.456 e. The van der Waals surface area contributed by atoms with E-state index in [1.165, 1.54) is 4.88 Å². The van der Waals surface area contributed by atoms with Crippen molar-refractivity contribution in [3.63, 3.8) is 0 Å². The van der Waals surface area contributed by atoms with Gasteiger partial charge in [0.05, 0.1) is 5.56 Å². The van der Waals surface area contributed by atoms with Gasteiger partial charge in [0.15, 0.2) is 0 Å². The number of halogens is 1. The number of rotatable bonds is 4. The number of carbonyl (C=O) groups is 1. The molecule has 0 saturated heterocycles. The average molecular weight is 340 g/mol. The standard InChI is InChI=1S/C14H14BrNO2S/c1-2-12-3-4-13(19-12)8-18-14(17)9-5-10(15)7-11(16)6-9/h3-7H,2,8,16H2,1H3. The Balaban J connectivity index is 2.00. The molecular weight excluding hydrogens is 326 g/mol. The first-order valence-electron chi connectivity index (χ1n) is 5.89. The Bertz CT molecular complexity index is 575. The quantitative estimate of drug-likeness (QED) is 0.676. The Morgan fingerprint density at radius 3 is 2.68 bits per heavy atom. The highest BCUT2D eigenvalue weighted by Crippen LogP contribution is 2.20. The monoisotopic (exact) mass is 339 g/mol. The first-order valence-corrected chi connectivity index (χ1v) is 7.50. The number of thiophene rings is 1. The number of esters is 1. The van der Waals surface area contributed by atoms with Crippen LogP contribution in [-0.2, 0) is 17.8 Å². The first kappa shape index (κ1) is 14.1. The third-order valence-corrected chi connectivity index (χ3v) is 4.23. The first-order chi connectivity index (χ1) is 9.08.